The first-order chi connectivity index (χ1) is 11.2. The monoisotopic (exact) mass is 313 g/mol. The van der Waals surface area contributed by atoms with E-state index in [9.17, 15) is 4.79 Å². The lowest BCUT2D eigenvalue weighted by Crippen LogP contribution is -2.31. The third-order valence-corrected chi connectivity index (χ3v) is 4.27. The normalized spacial score (nSPS) is 17.6. The first-order valence-electron chi connectivity index (χ1n) is 8.40. The molecular weight excluding hydrogens is 290 g/mol. The van der Waals surface area contributed by atoms with Crippen LogP contribution in [0.5, 0.6) is 0 Å². The Hall–Kier alpha value is -2.01. The van der Waals surface area contributed by atoms with Gasteiger partial charge in [0, 0.05) is 18.7 Å². The molecule has 0 aliphatic carbocycles. The van der Waals surface area contributed by atoms with Gasteiger partial charge in [-0.2, -0.15) is 0 Å². The number of nitrogens with zero attached hydrogens (tertiary/aromatic N) is 2. The van der Waals surface area contributed by atoms with Crippen LogP contribution >= 0.6 is 0 Å². The van der Waals surface area contributed by atoms with E-state index in [0.29, 0.717) is 12.1 Å². The van der Waals surface area contributed by atoms with Gasteiger partial charge in [0.2, 0.25) is 0 Å². The van der Waals surface area contributed by atoms with Crippen LogP contribution in [0.2, 0.25) is 0 Å². The SMILES string of the molecule is CCc1nc2ccc(C(=O)NCC3CCCO3)cc2nc1CC. The predicted octanol–water partition coefficient (Wildman–Crippen LogP) is 2.66. The fourth-order valence-electron chi connectivity index (χ4n) is 2.95. The number of amides is 1. The van der Waals surface area contributed by atoms with E-state index < -0.39 is 0 Å². The number of aryl methyl sites for hydroxylation is 2. The van der Waals surface area contributed by atoms with E-state index in [2.05, 4.69) is 29.1 Å². The third kappa shape index (κ3) is 3.50. The van der Waals surface area contributed by atoms with E-state index in [1.165, 1.54) is 0 Å². The zero-order valence-corrected chi connectivity index (χ0v) is 13.8. The van der Waals surface area contributed by atoms with Crippen molar-refractivity contribution in [1.29, 1.82) is 0 Å². The van der Waals surface area contributed by atoms with Gasteiger partial charge in [-0.05, 0) is 43.9 Å². The Bertz CT molecular complexity index is 709. The van der Waals surface area contributed by atoms with Crippen LogP contribution in [0.3, 0.4) is 0 Å². The molecule has 1 fully saturated rings. The van der Waals surface area contributed by atoms with E-state index >= 15 is 0 Å². The maximum absolute atomic E-state index is 12.3. The van der Waals surface area contributed by atoms with Crippen LogP contribution < -0.4 is 5.32 Å². The molecule has 0 saturated carbocycles. The lowest BCUT2D eigenvalue weighted by atomic mass is 10.1. The molecule has 1 N–H and O–H groups in total. The van der Waals surface area contributed by atoms with Crippen molar-refractivity contribution in [2.45, 2.75) is 45.6 Å². The molecule has 1 aliphatic rings. The van der Waals surface area contributed by atoms with E-state index in [4.69, 9.17) is 4.74 Å². The smallest absolute Gasteiger partial charge is 0.251 e. The van der Waals surface area contributed by atoms with Gasteiger partial charge in [-0.1, -0.05) is 13.8 Å². The minimum Gasteiger partial charge on any atom is -0.376 e. The molecule has 1 aromatic heterocycles. The minimum atomic E-state index is -0.0817. The maximum Gasteiger partial charge on any atom is 0.251 e. The second kappa shape index (κ2) is 7.04. The fraction of sp³-hybridized carbons (Fsp3) is 0.500. The van der Waals surface area contributed by atoms with Crippen LogP contribution in [0, 0.1) is 0 Å². The summed E-state index contributed by atoms with van der Waals surface area (Å²) in [6.07, 6.45) is 3.96. The van der Waals surface area contributed by atoms with Gasteiger partial charge in [-0.3, -0.25) is 4.79 Å². The van der Waals surface area contributed by atoms with Crippen LogP contribution in [0.1, 0.15) is 48.4 Å². The molecule has 0 bridgehead atoms. The molecule has 2 aromatic rings. The second-order valence-corrected chi connectivity index (χ2v) is 5.87. The van der Waals surface area contributed by atoms with Crippen LogP contribution in [-0.2, 0) is 17.6 Å². The van der Waals surface area contributed by atoms with E-state index in [-0.39, 0.29) is 12.0 Å². The van der Waals surface area contributed by atoms with Crippen molar-refractivity contribution < 1.29 is 9.53 Å². The molecule has 5 nitrogen and oxygen atoms in total. The van der Waals surface area contributed by atoms with Crippen molar-refractivity contribution in [3.8, 4) is 0 Å². The molecule has 23 heavy (non-hydrogen) atoms. The maximum atomic E-state index is 12.3. The summed E-state index contributed by atoms with van der Waals surface area (Å²) < 4.78 is 5.53. The topological polar surface area (TPSA) is 64.1 Å². The Morgan fingerprint density at radius 3 is 2.61 bits per heavy atom. The number of nitrogens with one attached hydrogen (secondary N) is 1. The Kier molecular flexibility index (Phi) is 4.86. The molecular formula is C18H23N3O2. The molecule has 1 aliphatic heterocycles. The van der Waals surface area contributed by atoms with Gasteiger partial charge >= 0.3 is 0 Å². The second-order valence-electron chi connectivity index (χ2n) is 5.87. The number of benzene rings is 1. The quantitative estimate of drug-likeness (QED) is 0.922. The lowest BCUT2D eigenvalue weighted by molar-refractivity contribution is 0.0858. The van der Waals surface area contributed by atoms with Crippen LogP contribution in [0.25, 0.3) is 11.0 Å². The molecule has 0 radical (unpaired) electrons. The van der Waals surface area contributed by atoms with Crippen LogP contribution in [0.4, 0.5) is 0 Å². The van der Waals surface area contributed by atoms with Gasteiger partial charge in [0.1, 0.15) is 0 Å². The van der Waals surface area contributed by atoms with Gasteiger partial charge in [0.05, 0.1) is 28.5 Å². The molecule has 1 amide bonds. The summed E-state index contributed by atoms with van der Waals surface area (Å²) in [4.78, 5) is 21.6. The number of fused-ring (bicyclic) bond motifs is 1. The first-order valence-corrected chi connectivity index (χ1v) is 8.40. The first kappa shape index (κ1) is 15.9. The molecule has 1 atom stereocenters. The largest absolute Gasteiger partial charge is 0.376 e. The predicted molar refractivity (Wildman–Crippen MR) is 89.6 cm³/mol. The Labute approximate surface area is 136 Å². The molecule has 122 valence electrons. The van der Waals surface area contributed by atoms with Crippen LogP contribution in [0.15, 0.2) is 18.2 Å². The highest BCUT2D eigenvalue weighted by Crippen LogP contribution is 2.17. The summed E-state index contributed by atoms with van der Waals surface area (Å²) in [5.74, 6) is -0.0817. The summed E-state index contributed by atoms with van der Waals surface area (Å²) >= 11 is 0. The van der Waals surface area contributed by atoms with Crippen molar-refractivity contribution in [3.05, 3.63) is 35.2 Å². The minimum absolute atomic E-state index is 0.0817. The van der Waals surface area contributed by atoms with Crippen molar-refractivity contribution in [1.82, 2.24) is 15.3 Å². The van der Waals surface area contributed by atoms with Crippen molar-refractivity contribution in [2.24, 2.45) is 0 Å². The highest BCUT2D eigenvalue weighted by Gasteiger charge is 2.17. The number of aromatic nitrogens is 2. The van der Waals surface area contributed by atoms with E-state index in [0.717, 1.165) is 54.7 Å². The summed E-state index contributed by atoms with van der Waals surface area (Å²) in [6, 6.07) is 5.51. The molecule has 1 saturated heterocycles. The lowest BCUT2D eigenvalue weighted by Gasteiger charge is -2.11. The zero-order chi connectivity index (χ0) is 16.2. The molecule has 1 aromatic carbocycles. The highest BCUT2D eigenvalue weighted by atomic mass is 16.5. The number of hydrogen-bond donors (Lipinski definition) is 1. The number of carbonyl (C=O) groups excluding carboxylic acids is 1. The summed E-state index contributed by atoms with van der Waals surface area (Å²) in [7, 11) is 0. The summed E-state index contributed by atoms with van der Waals surface area (Å²) in [5, 5.41) is 2.94. The Morgan fingerprint density at radius 2 is 1.96 bits per heavy atom. The van der Waals surface area contributed by atoms with E-state index in [1.807, 2.05) is 18.2 Å². The van der Waals surface area contributed by atoms with Crippen molar-refractivity contribution >= 4 is 16.9 Å². The van der Waals surface area contributed by atoms with E-state index in [1.54, 1.807) is 0 Å². The molecule has 1 unspecified atom stereocenters. The average Bonchev–Trinajstić information content (AvgIpc) is 3.11. The van der Waals surface area contributed by atoms with Gasteiger partial charge in [-0.25, -0.2) is 9.97 Å². The standard InChI is InChI=1S/C18H23N3O2/c1-3-14-15(4-2)21-17-10-12(7-8-16(17)20-14)18(22)19-11-13-6-5-9-23-13/h7-8,10,13H,3-6,9,11H2,1-2H3,(H,19,22). The summed E-state index contributed by atoms with van der Waals surface area (Å²) in [5.41, 5.74) is 4.29. The molecule has 5 heteroatoms. The number of rotatable bonds is 5. The van der Waals surface area contributed by atoms with Gasteiger partial charge in [0.15, 0.2) is 0 Å². The molecule has 3 rings (SSSR count). The van der Waals surface area contributed by atoms with Crippen LogP contribution in [-0.4, -0.2) is 35.1 Å². The number of carbonyl (C=O) groups is 1. The zero-order valence-electron chi connectivity index (χ0n) is 13.8. The van der Waals surface area contributed by atoms with Gasteiger partial charge in [0.25, 0.3) is 5.91 Å². The molecule has 2 heterocycles. The third-order valence-electron chi connectivity index (χ3n) is 4.27. The van der Waals surface area contributed by atoms with Crippen molar-refractivity contribution in [3.63, 3.8) is 0 Å². The average molecular weight is 313 g/mol. The highest BCUT2D eigenvalue weighted by molar-refractivity contribution is 5.97. The number of ether oxygens (including phenoxy) is 1. The van der Waals surface area contributed by atoms with Crippen molar-refractivity contribution in [2.75, 3.05) is 13.2 Å². The Balaban J connectivity index is 1.79. The molecule has 0 spiro atoms. The van der Waals surface area contributed by atoms with Gasteiger partial charge in [-0.15, -0.1) is 0 Å². The Morgan fingerprint density at radius 1 is 1.22 bits per heavy atom. The van der Waals surface area contributed by atoms with Gasteiger partial charge < -0.3 is 10.1 Å². The summed E-state index contributed by atoms with van der Waals surface area (Å²) in [6.45, 7) is 5.53. The fourth-order valence-corrected chi connectivity index (χ4v) is 2.95. The number of hydrogen-bond acceptors (Lipinski definition) is 4.